The molecule has 1 N–H and O–H groups in total. The fraction of sp³-hybridized carbons (Fsp3) is 0.323. The van der Waals surface area contributed by atoms with Gasteiger partial charge < -0.3 is 15.0 Å². The maximum absolute atomic E-state index is 13.5. The van der Waals surface area contributed by atoms with Crippen molar-refractivity contribution in [3.63, 3.8) is 0 Å². The van der Waals surface area contributed by atoms with Gasteiger partial charge in [-0.25, -0.2) is 9.67 Å². The number of benzene rings is 2. The van der Waals surface area contributed by atoms with E-state index in [-0.39, 0.29) is 36.2 Å². The van der Waals surface area contributed by atoms with Crippen molar-refractivity contribution >= 4 is 29.1 Å². The lowest BCUT2D eigenvalue weighted by Gasteiger charge is -2.29. The number of rotatable bonds is 12. The molecular weight excluding hydrogens is 586 g/mol. The summed E-state index contributed by atoms with van der Waals surface area (Å²) in [5.41, 5.74) is 1.77. The number of carbonyl (C=O) groups excluding carboxylic acids is 2. The van der Waals surface area contributed by atoms with Crippen LogP contribution in [0.4, 0.5) is 5.69 Å². The summed E-state index contributed by atoms with van der Waals surface area (Å²) < 4.78 is 7.10. The fourth-order valence-corrected chi connectivity index (χ4v) is 5.59. The van der Waals surface area contributed by atoms with Gasteiger partial charge in [0.05, 0.1) is 23.6 Å². The highest BCUT2D eigenvalue weighted by atomic mass is 35.5. The van der Waals surface area contributed by atoms with Crippen molar-refractivity contribution in [1.29, 1.82) is 0 Å². The molecule has 13 heteroatoms. The first-order chi connectivity index (χ1) is 21.3. The average molecular weight is 618 g/mol. The summed E-state index contributed by atoms with van der Waals surface area (Å²) in [6.45, 7) is 0.952. The highest BCUT2D eigenvalue weighted by Gasteiger charge is 2.27. The van der Waals surface area contributed by atoms with E-state index >= 15 is 0 Å². The highest BCUT2D eigenvalue weighted by molar-refractivity contribution is 6.32. The Hall–Kier alpha value is -4.84. The molecule has 2 amide bonds. The number of pyridine rings is 1. The lowest BCUT2D eigenvalue weighted by atomic mass is 10.1. The van der Waals surface area contributed by atoms with Crippen molar-refractivity contribution in [2.45, 2.75) is 44.7 Å². The molecule has 4 aromatic rings. The highest BCUT2D eigenvalue weighted by Crippen LogP contribution is 2.31. The summed E-state index contributed by atoms with van der Waals surface area (Å²) in [6.07, 6.45) is 7.42. The number of hydrogen-bond acceptors (Lipinski definition) is 8. The number of non-ortho nitro benzene ring substituents is 1. The number of methoxy groups -OCH3 is 1. The monoisotopic (exact) mass is 617 g/mol. The third kappa shape index (κ3) is 7.20. The van der Waals surface area contributed by atoms with E-state index < -0.39 is 10.8 Å². The molecule has 0 unspecified atom stereocenters. The van der Waals surface area contributed by atoms with Crippen molar-refractivity contribution in [2.75, 3.05) is 20.2 Å². The molecule has 2 heterocycles. The van der Waals surface area contributed by atoms with Gasteiger partial charge in [-0.2, -0.15) is 5.10 Å². The number of aromatic nitrogens is 4. The van der Waals surface area contributed by atoms with Crippen LogP contribution >= 0.6 is 11.6 Å². The van der Waals surface area contributed by atoms with Crippen LogP contribution in [-0.2, 0) is 11.3 Å². The van der Waals surface area contributed by atoms with Gasteiger partial charge in [0.1, 0.15) is 5.75 Å². The van der Waals surface area contributed by atoms with Crippen LogP contribution in [0.15, 0.2) is 67.0 Å². The third-order valence-electron chi connectivity index (χ3n) is 7.62. The van der Waals surface area contributed by atoms with E-state index in [2.05, 4.69) is 10.3 Å². The predicted octanol–water partition coefficient (Wildman–Crippen LogP) is 5.17. The van der Waals surface area contributed by atoms with Crippen LogP contribution in [0.2, 0.25) is 5.02 Å². The summed E-state index contributed by atoms with van der Waals surface area (Å²) in [7, 11) is 1.56. The van der Waals surface area contributed by atoms with Gasteiger partial charge in [-0.3, -0.25) is 24.7 Å². The minimum atomic E-state index is -0.522. The van der Waals surface area contributed by atoms with Crippen LogP contribution in [0.3, 0.4) is 0 Å². The molecule has 1 fully saturated rings. The molecule has 44 heavy (non-hydrogen) atoms. The second-order valence-electron chi connectivity index (χ2n) is 10.4. The molecule has 228 valence electrons. The van der Waals surface area contributed by atoms with Gasteiger partial charge in [0.2, 0.25) is 5.91 Å². The second-order valence-corrected chi connectivity index (χ2v) is 10.8. The van der Waals surface area contributed by atoms with E-state index in [0.29, 0.717) is 35.5 Å². The molecule has 2 aromatic carbocycles. The average Bonchev–Trinajstić information content (AvgIpc) is 3.73. The number of carbonyl (C=O) groups is 2. The maximum atomic E-state index is 13.5. The Morgan fingerprint density at radius 1 is 1.09 bits per heavy atom. The molecule has 2 aromatic heterocycles. The first-order valence-corrected chi connectivity index (χ1v) is 14.7. The Morgan fingerprint density at radius 2 is 1.82 bits per heavy atom. The number of hydrogen-bond donors (Lipinski definition) is 1. The van der Waals surface area contributed by atoms with Crippen LogP contribution in [0, 0.1) is 10.1 Å². The van der Waals surface area contributed by atoms with Gasteiger partial charge in [0, 0.05) is 66.8 Å². The lowest BCUT2D eigenvalue weighted by Crippen LogP contribution is -2.42. The van der Waals surface area contributed by atoms with Gasteiger partial charge in [-0.15, -0.1) is 0 Å². The topological polar surface area (TPSA) is 145 Å². The van der Waals surface area contributed by atoms with E-state index in [1.54, 1.807) is 36.3 Å². The van der Waals surface area contributed by atoms with Crippen LogP contribution in [0.5, 0.6) is 5.75 Å². The van der Waals surface area contributed by atoms with Gasteiger partial charge in [0.25, 0.3) is 11.6 Å². The normalized spacial score (nSPS) is 13.0. The minimum Gasteiger partial charge on any atom is -0.495 e. The van der Waals surface area contributed by atoms with Crippen LogP contribution in [0.1, 0.15) is 42.5 Å². The molecule has 12 nitrogen and oxygen atoms in total. The summed E-state index contributed by atoms with van der Waals surface area (Å²) in [5.74, 6) is 1.23. The second kappa shape index (κ2) is 14.1. The van der Waals surface area contributed by atoms with Gasteiger partial charge in [0.15, 0.2) is 11.6 Å². The predicted molar refractivity (Wildman–Crippen MR) is 164 cm³/mol. The van der Waals surface area contributed by atoms with E-state index in [1.807, 2.05) is 23.1 Å². The molecule has 1 aliphatic carbocycles. The number of nitro groups is 1. The fourth-order valence-electron chi connectivity index (χ4n) is 5.33. The molecule has 0 bridgehead atoms. The van der Waals surface area contributed by atoms with E-state index in [0.717, 1.165) is 36.8 Å². The van der Waals surface area contributed by atoms with Crippen LogP contribution in [-0.4, -0.2) is 67.6 Å². The van der Waals surface area contributed by atoms with E-state index in [9.17, 15) is 19.7 Å². The molecule has 0 atom stereocenters. The Bertz CT molecular complexity index is 1620. The number of ether oxygens (including phenoxy) is 1. The number of amides is 2. The Kier molecular flexibility index (Phi) is 9.80. The van der Waals surface area contributed by atoms with Gasteiger partial charge in [-0.05, 0) is 55.3 Å². The molecule has 1 aliphatic rings. The molecule has 0 radical (unpaired) electrons. The molecule has 1 saturated carbocycles. The Labute approximate surface area is 259 Å². The van der Waals surface area contributed by atoms with Crippen LogP contribution < -0.4 is 10.1 Å². The quantitative estimate of drug-likeness (QED) is 0.169. The molecule has 0 spiro atoms. The number of halogens is 1. The summed E-state index contributed by atoms with van der Waals surface area (Å²) in [5, 5.41) is 18.9. The number of nitrogens with one attached hydrogen (secondary N) is 1. The summed E-state index contributed by atoms with van der Waals surface area (Å²) >= 11 is 6.44. The van der Waals surface area contributed by atoms with Gasteiger partial charge >= 0.3 is 0 Å². The molecule has 5 rings (SSSR count). The first kappa shape index (κ1) is 30.6. The number of nitro benzene ring substituents is 1. The van der Waals surface area contributed by atoms with E-state index in [1.165, 1.54) is 24.3 Å². The maximum Gasteiger partial charge on any atom is 0.269 e. The van der Waals surface area contributed by atoms with Crippen LogP contribution in [0.25, 0.3) is 22.8 Å². The molecule has 0 aliphatic heterocycles. The summed E-state index contributed by atoms with van der Waals surface area (Å²) in [6, 6.07) is 14.6. The van der Waals surface area contributed by atoms with Crippen molar-refractivity contribution < 1.29 is 19.2 Å². The van der Waals surface area contributed by atoms with Crippen molar-refractivity contribution in [1.82, 2.24) is 30.0 Å². The first-order valence-electron chi connectivity index (χ1n) is 14.4. The summed E-state index contributed by atoms with van der Waals surface area (Å²) in [4.78, 5) is 47.2. The molecular formula is C31H32ClN7O5. The zero-order valence-electron chi connectivity index (χ0n) is 24.2. The van der Waals surface area contributed by atoms with Crippen molar-refractivity contribution in [3.8, 4) is 28.5 Å². The lowest BCUT2D eigenvalue weighted by molar-refractivity contribution is -0.384. The molecule has 0 saturated heterocycles. The van der Waals surface area contributed by atoms with E-state index in [4.69, 9.17) is 26.4 Å². The smallest absolute Gasteiger partial charge is 0.269 e. The van der Waals surface area contributed by atoms with Gasteiger partial charge in [-0.1, -0.05) is 24.4 Å². The minimum absolute atomic E-state index is 0.0654. The third-order valence-corrected chi connectivity index (χ3v) is 7.92. The Morgan fingerprint density at radius 3 is 2.48 bits per heavy atom. The standard InChI is InChI=1S/C31H32ClN7O5/c1-44-27-11-8-23(20-26(27)32)30-35-29(21-12-15-33-16-13-21)36-38(30)19-18-37(24-4-2-3-5-24)28(40)14-17-34-31(41)22-6-9-25(10-7-22)39(42)43/h6-13,15-16,20,24H,2-5,14,17-19H2,1H3,(H,34,41). The SMILES string of the molecule is COc1ccc(-c2nc(-c3ccncc3)nn2CCN(C(=O)CCNC(=O)c2ccc([N+](=O)[O-])cc2)C2CCCC2)cc1Cl. The largest absolute Gasteiger partial charge is 0.495 e. The zero-order valence-corrected chi connectivity index (χ0v) is 24.9. The Balaban J connectivity index is 1.30. The van der Waals surface area contributed by atoms with Crippen molar-refractivity contribution in [3.05, 3.63) is 87.7 Å². The zero-order chi connectivity index (χ0) is 31.1. The number of nitrogens with zero attached hydrogens (tertiary/aromatic N) is 6. The van der Waals surface area contributed by atoms with Crippen molar-refractivity contribution in [2.24, 2.45) is 0 Å².